The normalized spacial score (nSPS) is 8.58. The molecule has 0 atom stereocenters. The fraction of sp³-hybridized carbons (Fsp3) is 0.500. The second-order valence-electron chi connectivity index (χ2n) is 2.05. The number of nitrogens with zero attached hydrogens (tertiary/aromatic N) is 2. The van der Waals surface area contributed by atoms with Crippen LogP contribution < -0.4 is 0 Å². The average molecular weight is 170 g/mol. The van der Waals surface area contributed by atoms with E-state index in [0.717, 1.165) is 5.69 Å². The van der Waals surface area contributed by atoms with Crippen molar-refractivity contribution >= 4 is 5.97 Å². The van der Waals surface area contributed by atoms with Crippen molar-refractivity contribution in [3.63, 3.8) is 0 Å². The zero-order valence-electron chi connectivity index (χ0n) is 7.61. The Hall–Kier alpha value is -1.32. The standard InChI is InChI=1S/C6H8N2O2.C2H6/c1-5-2-3-8(7-5)4-6(9)10;1-2/h2-3H,4H2,1H3,(H,9,10);1-2H3. The maximum absolute atomic E-state index is 10.1. The Kier molecular flexibility index (Phi) is 4.76. The van der Waals surface area contributed by atoms with Gasteiger partial charge < -0.3 is 5.11 Å². The van der Waals surface area contributed by atoms with Crippen molar-refractivity contribution in [2.75, 3.05) is 0 Å². The zero-order chi connectivity index (χ0) is 9.56. The molecule has 0 saturated heterocycles. The molecule has 0 aliphatic rings. The number of aliphatic carboxylic acids is 1. The number of hydrogen-bond acceptors (Lipinski definition) is 2. The summed E-state index contributed by atoms with van der Waals surface area (Å²) < 4.78 is 1.39. The third-order valence-electron chi connectivity index (χ3n) is 1.07. The molecule has 0 aromatic carbocycles. The molecule has 0 bridgehead atoms. The van der Waals surface area contributed by atoms with Crippen molar-refractivity contribution in [2.45, 2.75) is 27.3 Å². The molecular weight excluding hydrogens is 156 g/mol. The lowest BCUT2D eigenvalue weighted by Gasteiger charge is -1.92. The highest BCUT2D eigenvalue weighted by atomic mass is 16.4. The van der Waals surface area contributed by atoms with E-state index in [-0.39, 0.29) is 6.54 Å². The smallest absolute Gasteiger partial charge is 0.325 e. The fourth-order valence-corrected chi connectivity index (χ4v) is 0.690. The van der Waals surface area contributed by atoms with Gasteiger partial charge in [0.25, 0.3) is 0 Å². The molecule has 0 amide bonds. The van der Waals surface area contributed by atoms with E-state index in [0.29, 0.717) is 0 Å². The molecule has 1 heterocycles. The Bertz CT molecular complexity index is 243. The molecular formula is C8H14N2O2. The van der Waals surface area contributed by atoms with Crippen LogP contribution in [-0.2, 0) is 11.3 Å². The van der Waals surface area contributed by atoms with Crippen molar-refractivity contribution in [1.29, 1.82) is 0 Å². The van der Waals surface area contributed by atoms with E-state index in [4.69, 9.17) is 5.11 Å². The van der Waals surface area contributed by atoms with Crippen molar-refractivity contribution in [2.24, 2.45) is 0 Å². The van der Waals surface area contributed by atoms with Gasteiger partial charge in [0.2, 0.25) is 0 Å². The Morgan fingerprint density at radius 2 is 2.25 bits per heavy atom. The third kappa shape index (κ3) is 3.75. The van der Waals surface area contributed by atoms with Gasteiger partial charge in [-0.1, -0.05) is 13.8 Å². The number of hydrogen-bond donors (Lipinski definition) is 1. The van der Waals surface area contributed by atoms with E-state index < -0.39 is 5.97 Å². The molecule has 1 aromatic heterocycles. The summed E-state index contributed by atoms with van der Waals surface area (Å²) in [5.41, 5.74) is 0.834. The lowest BCUT2D eigenvalue weighted by atomic mass is 10.5. The van der Waals surface area contributed by atoms with Crippen LogP contribution in [-0.4, -0.2) is 20.9 Å². The first kappa shape index (κ1) is 10.7. The van der Waals surface area contributed by atoms with Gasteiger partial charge in [-0.2, -0.15) is 5.10 Å². The SMILES string of the molecule is CC.Cc1ccn(CC(=O)O)n1. The summed E-state index contributed by atoms with van der Waals surface area (Å²) in [6, 6.07) is 1.77. The minimum absolute atomic E-state index is 0.0617. The highest BCUT2D eigenvalue weighted by molar-refractivity contribution is 5.66. The Morgan fingerprint density at radius 3 is 2.58 bits per heavy atom. The van der Waals surface area contributed by atoms with E-state index in [2.05, 4.69) is 5.10 Å². The molecule has 0 saturated carbocycles. The molecule has 1 N–H and O–H groups in total. The van der Waals surface area contributed by atoms with Crippen molar-refractivity contribution in [3.05, 3.63) is 18.0 Å². The van der Waals surface area contributed by atoms with Crippen LogP contribution in [0.5, 0.6) is 0 Å². The molecule has 1 rings (SSSR count). The minimum Gasteiger partial charge on any atom is -0.480 e. The van der Waals surface area contributed by atoms with Crippen LogP contribution in [0.15, 0.2) is 12.3 Å². The molecule has 0 radical (unpaired) electrons. The molecule has 0 unspecified atom stereocenters. The molecule has 1 aromatic rings. The molecule has 68 valence electrons. The van der Waals surface area contributed by atoms with Gasteiger partial charge in [-0.15, -0.1) is 0 Å². The van der Waals surface area contributed by atoms with Gasteiger partial charge in [0.15, 0.2) is 0 Å². The van der Waals surface area contributed by atoms with Crippen LogP contribution in [0, 0.1) is 6.92 Å². The Labute approximate surface area is 71.8 Å². The second kappa shape index (κ2) is 5.35. The van der Waals surface area contributed by atoms with E-state index in [1.54, 1.807) is 12.3 Å². The predicted molar refractivity (Wildman–Crippen MR) is 45.9 cm³/mol. The van der Waals surface area contributed by atoms with E-state index in [9.17, 15) is 4.79 Å². The lowest BCUT2D eigenvalue weighted by Crippen LogP contribution is -2.08. The van der Waals surface area contributed by atoms with Gasteiger partial charge >= 0.3 is 5.97 Å². The average Bonchev–Trinajstić information content (AvgIpc) is 2.39. The lowest BCUT2D eigenvalue weighted by molar-refractivity contribution is -0.137. The van der Waals surface area contributed by atoms with E-state index >= 15 is 0 Å². The number of aromatic nitrogens is 2. The van der Waals surface area contributed by atoms with Crippen LogP contribution in [0.4, 0.5) is 0 Å². The highest BCUT2D eigenvalue weighted by Crippen LogP contribution is 1.91. The maximum atomic E-state index is 10.1. The van der Waals surface area contributed by atoms with Gasteiger partial charge in [0, 0.05) is 6.20 Å². The quantitative estimate of drug-likeness (QED) is 0.727. The van der Waals surface area contributed by atoms with Gasteiger partial charge in [0.1, 0.15) is 6.54 Å². The second-order valence-corrected chi connectivity index (χ2v) is 2.05. The molecule has 0 aliphatic heterocycles. The molecule has 4 heteroatoms. The van der Waals surface area contributed by atoms with E-state index in [1.165, 1.54) is 4.68 Å². The number of carboxylic acids is 1. The van der Waals surface area contributed by atoms with Crippen molar-refractivity contribution in [3.8, 4) is 0 Å². The summed E-state index contributed by atoms with van der Waals surface area (Å²) in [6.45, 7) is 5.76. The number of carboxylic acid groups (broad SMARTS) is 1. The van der Waals surface area contributed by atoms with E-state index in [1.807, 2.05) is 20.8 Å². The first-order valence-electron chi connectivity index (χ1n) is 3.90. The monoisotopic (exact) mass is 170 g/mol. The number of rotatable bonds is 2. The molecule has 4 nitrogen and oxygen atoms in total. The van der Waals surface area contributed by atoms with Gasteiger partial charge in [0.05, 0.1) is 5.69 Å². The third-order valence-corrected chi connectivity index (χ3v) is 1.07. The van der Waals surface area contributed by atoms with Crippen LogP contribution in [0.3, 0.4) is 0 Å². The first-order chi connectivity index (χ1) is 5.68. The highest BCUT2D eigenvalue weighted by Gasteiger charge is 1.98. The summed E-state index contributed by atoms with van der Waals surface area (Å²) in [5.74, 6) is -0.872. The first-order valence-corrected chi connectivity index (χ1v) is 3.90. The minimum atomic E-state index is -0.872. The Balaban J connectivity index is 0.000000561. The van der Waals surface area contributed by atoms with Crippen LogP contribution in [0.2, 0.25) is 0 Å². The summed E-state index contributed by atoms with van der Waals surface area (Å²) in [7, 11) is 0. The molecule has 0 spiro atoms. The maximum Gasteiger partial charge on any atom is 0.325 e. The summed E-state index contributed by atoms with van der Waals surface area (Å²) in [6.07, 6.45) is 1.64. The van der Waals surface area contributed by atoms with Crippen LogP contribution in [0.1, 0.15) is 19.5 Å². The predicted octanol–water partition coefficient (Wildman–Crippen LogP) is 1.30. The van der Waals surface area contributed by atoms with Crippen molar-refractivity contribution < 1.29 is 9.90 Å². The van der Waals surface area contributed by atoms with Gasteiger partial charge in [-0.3, -0.25) is 9.48 Å². The van der Waals surface area contributed by atoms with Crippen LogP contribution in [0.25, 0.3) is 0 Å². The molecule has 12 heavy (non-hydrogen) atoms. The van der Waals surface area contributed by atoms with Gasteiger partial charge in [-0.25, -0.2) is 0 Å². The molecule has 0 fully saturated rings. The van der Waals surface area contributed by atoms with Crippen LogP contribution >= 0.6 is 0 Å². The number of carbonyl (C=O) groups is 1. The van der Waals surface area contributed by atoms with Crippen molar-refractivity contribution in [1.82, 2.24) is 9.78 Å². The molecule has 0 aliphatic carbocycles. The summed E-state index contributed by atoms with van der Waals surface area (Å²) in [5, 5.41) is 12.2. The summed E-state index contributed by atoms with van der Waals surface area (Å²) >= 11 is 0. The van der Waals surface area contributed by atoms with Gasteiger partial charge in [-0.05, 0) is 13.0 Å². The fourth-order valence-electron chi connectivity index (χ4n) is 0.690. The zero-order valence-corrected chi connectivity index (χ0v) is 7.61. The topological polar surface area (TPSA) is 55.1 Å². The summed E-state index contributed by atoms with van der Waals surface area (Å²) in [4.78, 5) is 10.1. The Morgan fingerprint density at radius 1 is 1.67 bits per heavy atom. The largest absolute Gasteiger partial charge is 0.480 e. The number of aryl methyl sites for hydroxylation is 1.